The maximum absolute atomic E-state index is 5.64. The van der Waals surface area contributed by atoms with E-state index in [1.807, 2.05) is 31.2 Å². The standard InChI is InChI=1S/C16H27N3O3/c1-4-21-12-5-10-18-16(17-2)19-11-13-22-15-8-6-14(20-3)7-9-15/h6-9H,4-5,10-13H2,1-3H3,(H2,17,18,19). The molecule has 6 nitrogen and oxygen atoms in total. The highest BCUT2D eigenvalue weighted by Crippen LogP contribution is 2.16. The number of hydrogen-bond donors (Lipinski definition) is 2. The van der Waals surface area contributed by atoms with Crippen molar-refractivity contribution < 1.29 is 14.2 Å². The van der Waals surface area contributed by atoms with Gasteiger partial charge in [-0.05, 0) is 37.6 Å². The average molecular weight is 309 g/mol. The summed E-state index contributed by atoms with van der Waals surface area (Å²) in [5.74, 6) is 2.42. The minimum absolute atomic E-state index is 0.561. The van der Waals surface area contributed by atoms with E-state index in [0.29, 0.717) is 13.2 Å². The van der Waals surface area contributed by atoms with Crippen LogP contribution in [0.15, 0.2) is 29.3 Å². The van der Waals surface area contributed by atoms with Gasteiger partial charge in [0.05, 0.1) is 13.7 Å². The molecule has 0 aromatic heterocycles. The Morgan fingerprint density at radius 2 is 1.73 bits per heavy atom. The zero-order valence-electron chi connectivity index (χ0n) is 13.7. The van der Waals surface area contributed by atoms with Crippen molar-refractivity contribution in [1.29, 1.82) is 0 Å². The molecule has 0 atom stereocenters. The number of aliphatic imine (C=N–C) groups is 1. The van der Waals surface area contributed by atoms with Crippen LogP contribution in [0.4, 0.5) is 0 Å². The van der Waals surface area contributed by atoms with E-state index in [9.17, 15) is 0 Å². The monoisotopic (exact) mass is 309 g/mol. The van der Waals surface area contributed by atoms with Crippen LogP contribution in [0.3, 0.4) is 0 Å². The molecule has 0 bridgehead atoms. The van der Waals surface area contributed by atoms with Gasteiger partial charge in [0.1, 0.15) is 18.1 Å². The van der Waals surface area contributed by atoms with Gasteiger partial charge >= 0.3 is 0 Å². The molecular weight excluding hydrogens is 282 g/mol. The van der Waals surface area contributed by atoms with Gasteiger partial charge in [-0.15, -0.1) is 0 Å². The fraction of sp³-hybridized carbons (Fsp3) is 0.562. The lowest BCUT2D eigenvalue weighted by molar-refractivity contribution is 0.145. The van der Waals surface area contributed by atoms with E-state index in [1.54, 1.807) is 14.2 Å². The number of rotatable bonds is 10. The lowest BCUT2D eigenvalue weighted by atomic mass is 10.3. The van der Waals surface area contributed by atoms with Gasteiger partial charge in [-0.25, -0.2) is 0 Å². The molecule has 1 aromatic rings. The van der Waals surface area contributed by atoms with Crippen molar-refractivity contribution >= 4 is 5.96 Å². The lowest BCUT2D eigenvalue weighted by Crippen LogP contribution is -2.39. The summed E-state index contributed by atoms with van der Waals surface area (Å²) in [6.07, 6.45) is 0.955. The largest absolute Gasteiger partial charge is 0.497 e. The maximum atomic E-state index is 5.64. The molecule has 0 amide bonds. The highest BCUT2D eigenvalue weighted by atomic mass is 16.5. The molecule has 0 unspecified atom stereocenters. The third-order valence-electron chi connectivity index (χ3n) is 2.91. The number of methoxy groups -OCH3 is 1. The highest BCUT2D eigenvalue weighted by molar-refractivity contribution is 5.79. The Morgan fingerprint density at radius 1 is 1.05 bits per heavy atom. The highest BCUT2D eigenvalue weighted by Gasteiger charge is 1.98. The molecule has 124 valence electrons. The van der Waals surface area contributed by atoms with Gasteiger partial charge in [-0.2, -0.15) is 0 Å². The van der Waals surface area contributed by atoms with Gasteiger partial charge < -0.3 is 24.8 Å². The molecular formula is C16H27N3O3. The normalized spacial score (nSPS) is 11.1. The van der Waals surface area contributed by atoms with E-state index in [2.05, 4.69) is 15.6 Å². The Kier molecular flexibility index (Phi) is 9.61. The number of guanidine groups is 1. The number of nitrogens with zero attached hydrogens (tertiary/aromatic N) is 1. The van der Waals surface area contributed by atoms with Crippen LogP contribution in [0.25, 0.3) is 0 Å². The molecule has 0 aliphatic heterocycles. The molecule has 0 radical (unpaired) electrons. The third kappa shape index (κ3) is 7.73. The van der Waals surface area contributed by atoms with Crippen LogP contribution in [0.2, 0.25) is 0 Å². The maximum Gasteiger partial charge on any atom is 0.191 e. The number of ether oxygens (including phenoxy) is 3. The Bertz CT molecular complexity index is 421. The predicted octanol–water partition coefficient (Wildman–Crippen LogP) is 1.67. The first-order valence-electron chi connectivity index (χ1n) is 7.59. The Hall–Kier alpha value is -1.95. The zero-order valence-corrected chi connectivity index (χ0v) is 13.7. The molecule has 6 heteroatoms. The van der Waals surface area contributed by atoms with Crippen molar-refractivity contribution in [2.24, 2.45) is 4.99 Å². The Morgan fingerprint density at radius 3 is 2.36 bits per heavy atom. The van der Waals surface area contributed by atoms with Crippen molar-refractivity contribution in [1.82, 2.24) is 10.6 Å². The average Bonchev–Trinajstić information content (AvgIpc) is 2.57. The molecule has 0 fully saturated rings. The molecule has 0 aliphatic rings. The third-order valence-corrected chi connectivity index (χ3v) is 2.91. The first-order chi connectivity index (χ1) is 10.8. The molecule has 0 saturated carbocycles. The molecule has 1 rings (SSSR count). The van der Waals surface area contributed by atoms with Crippen molar-refractivity contribution in [2.45, 2.75) is 13.3 Å². The predicted molar refractivity (Wildman–Crippen MR) is 89.0 cm³/mol. The minimum Gasteiger partial charge on any atom is -0.497 e. The van der Waals surface area contributed by atoms with Gasteiger partial charge in [0, 0.05) is 26.8 Å². The minimum atomic E-state index is 0.561. The van der Waals surface area contributed by atoms with E-state index in [4.69, 9.17) is 14.2 Å². The van der Waals surface area contributed by atoms with Crippen molar-refractivity contribution in [3.8, 4) is 11.5 Å². The van der Waals surface area contributed by atoms with E-state index in [1.165, 1.54) is 0 Å². The number of nitrogens with one attached hydrogen (secondary N) is 2. The van der Waals surface area contributed by atoms with Crippen molar-refractivity contribution in [2.75, 3.05) is 47.1 Å². The van der Waals surface area contributed by atoms with E-state index < -0.39 is 0 Å². The summed E-state index contributed by atoms with van der Waals surface area (Å²) in [4.78, 5) is 4.15. The summed E-state index contributed by atoms with van der Waals surface area (Å²) in [6, 6.07) is 7.53. The second-order valence-corrected chi connectivity index (χ2v) is 4.50. The smallest absolute Gasteiger partial charge is 0.191 e. The van der Waals surface area contributed by atoms with Gasteiger partial charge in [-0.1, -0.05) is 0 Å². The van der Waals surface area contributed by atoms with Crippen LogP contribution in [0, 0.1) is 0 Å². The zero-order chi connectivity index (χ0) is 16.0. The van der Waals surface area contributed by atoms with Gasteiger partial charge in [-0.3, -0.25) is 4.99 Å². The van der Waals surface area contributed by atoms with Gasteiger partial charge in [0.2, 0.25) is 0 Å². The van der Waals surface area contributed by atoms with Crippen molar-refractivity contribution in [3.63, 3.8) is 0 Å². The second kappa shape index (κ2) is 11.7. The van der Waals surface area contributed by atoms with Crippen LogP contribution < -0.4 is 20.1 Å². The van der Waals surface area contributed by atoms with Crippen LogP contribution in [0.5, 0.6) is 11.5 Å². The van der Waals surface area contributed by atoms with Gasteiger partial charge in [0.15, 0.2) is 5.96 Å². The number of hydrogen-bond acceptors (Lipinski definition) is 4. The molecule has 0 heterocycles. The van der Waals surface area contributed by atoms with Crippen molar-refractivity contribution in [3.05, 3.63) is 24.3 Å². The molecule has 22 heavy (non-hydrogen) atoms. The summed E-state index contributed by atoms with van der Waals surface area (Å²) in [5.41, 5.74) is 0. The topological polar surface area (TPSA) is 64.1 Å². The molecule has 2 N–H and O–H groups in total. The van der Waals surface area contributed by atoms with Crippen LogP contribution in [0.1, 0.15) is 13.3 Å². The first kappa shape index (κ1) is 18.1. The summed E-state index contributed by atoms with van der Waals surface area (Å²) in [7, 11) is 3.40. The van der Waals surface area contributed by atoms with E-state index in [0.717, 1.165) is 43.6 Å². The molecule has 1 aromatic carbocycles. The number of benzene rings is 1. The second-order valence-electron chi connectivity index (χ2n) is 4.50. The fourth-order valence-electron chi connectivity index (χ4n) is 1.76. The molecule has 0 saturated heterocycles. The Labute approximate surface area is 132 Å². The molecule has 0 aliphatic carbocycles. The quantitative estimate of drug-likeness (QED) is 0.391. The SMILES string of the molecule is CCOCCCNC(=NC)NCCOc1ccc(OC)cc1. The molecule has 0 spiro atoms. The first-order valence-corrected chi connectivity index (χ1v) is 7.59. The summed E-state index contributed by atoms with van der Waals surface area (Å²) in [6.45, 7) is 5.59. The summed E-state index contributed by atoms with van der Waals surface area (Å²) in [5, 5.41) is 6.43. The van der Waals surface area contributed by atoms with E-state index in [-0.39, 0.29) is 0 Å². The fourth-order valence-corrected chi connectivity index (χ4v) is 1.76. The van der Waals surface area contributed by atoms with Crippen LogP contribution >= 0.6 is 0 Å². The van der Waals surface area contributed by atoms with Gasteiger partial charge in [0.25, 0.3) is 0 Å². The van der Waals surface area contributed by atoms with E-state index >= 15 is 0 Å². The van der Waals surface area contributed by atoms with Crippen LogP contribution in [-0.4, -0.2) is 53.0 Å². The van der Waals surface area contributed by atoms with Crippen LogP contribution in [-0.2, 0) is 4.74 Å². The Balaban J connectivity index is 2.13. The summed E-state index contributed by atoms with van der Waals surface area (Å²) < 4.78 is 16.0. The lowest BCUT2D eigenvalue weighted by Gasteiger charge is -2.12. The summed E-state index contributed by atoms with van der Waals surface area (Å²) >= 11 is 0.